The van der Waals surface area contributed by atoms with Crippen molar-refractivity contribution < 1.29 is 4.79 Å². The van der Waals surface area contributed by atoms with Crippen LogP contribution in [0.5, 0.6) is 0 Å². The van der Waals surface area contributed by atoms with Crippen molar-refractivity contribution in [2.45, 2.75) is 53.4 Å². The van der Waals surface area contributed by atoms with Crippen LogP contribution in [0, 0.1) is 20.8 Å². The third-order valence-electron chi connectivity index (χ3n) is 5.69. The van der Waals surface area contributed by atoms with Gasteiger partial charge in [-0.2, -0.15) is 0 Å². The van der Waals surface area contributed by atoms with Gasteiger partial charge in [0.2, 0.25) is 0 Å². The molecule has 0 aliphatic rings. The van der Waals surface area contributed by atoms with Gasteiger partial charge in [0.25, 0.3) is 0 Å². The zero-order valence-corrected chi connectivity index (χ0v) is 19.6. The second-order valence-corrected chi connectivity index (χ2v) is 11.5. The van der Waals surface area contributed by atoms with Crippen LogP contribution in [-0.2, 0) is 4.79 Å². The molecule has 0 amide bonds. The van der Waals surface area contributed by atoms with Gasteiger partial charge in [-0.25, -0.2) is 0 Å². The van der Waals surface area contributed by atoms with Crippen molar-refractivity contribution in [3.8, 4) is 0 Å². The van der Waals surface area contributed by atoms with Crippen LogP contribution in [0.25, 0.3) is 0 Å². The monoisotopic (exact) mass is 416 g/mol. The number of carbonyl (C=O) groups is 1. The number of hydrogen-bond acceptors (Lipinski definition) is 1. The number of ketones is 1. The Kier molecular flexibility index (Phi) is 7.51. The summed E-state index contributed by atoms with van der Waals surface area (Å²) in [5, 5.41) is 3.72. The van der Waals surface area contributed by atoms with Crippen molar-refractivity contribution in [2.24, 2.45) is 0 Å². The molecule has 0 bridgehead atoms. The van der Waals surface area contributed by atoms with Gasteiger partial charge in [-0.3, -0.25) is 4.79 Å². The lowest BCUT2D eigenvalue weighted by Gasteiger charge is -2.29. The van der Waals surface area contributed by atoms with Gasteiger partial charge in [-0.15, -0.1) is 0 Å². The van der Waals surface area contributed by atoms with E-state index in [0.717, 1.165) is 19.3 Å². The van der Waals surface area contributed by atoms with Crippen molar-refractivity contribution >= 4 is 34.4 Å². The van der Waals surface area contributed by atoms with E-state index in [1.54, 1.807) is 0 Å². The molecule has 3 rings (SSSR count). The van der Waals surface area contributed by atoms with Crippen LogP contribution in [0.3, 0.4) is 0 Å². The molecule has 3 aromatic carbocycles. The summed E-state index contributed by atoms with van der Waals surface area (Å²) in [6.45, 7) is 6.32. The number of hydrogen-bond donors (Lipinski definition) is 0. The Morgan fingerprint density at radius 3 is 1.37 bits per heavy atom. The largest absolute Gasteiger partial charge is 0.295 e. The molecule has 0 aromatic heterocycles. The van der Waals surface area contributed by atoms with E-state index in [1.807, 2.05) is 0 Å². The molecule has 0 radical (unpaired) electrons. The first-order chi connectivity index (χ1) is 14.5. The highest BCUT2D eigenvalue weighted by Gasteiger charge is 2.26. The van der Waals surface area contributed by atoms with E-state index in [1.165, 1.54) is 32.6 Å². The fraction of sp³-hybridized carbons (Fsp3) is 0.286. The third-order valence-corrected chi connectivity index (χ3v) is 9.70. The highest BCUT2D eigenvalue weighted by atomic mass is 31.2. The average molecular weight is 417 g/mol. The van der Waals surface area contributed by atoms with Crippen LogP contribution in [0.2, 0.25) is 0 Å². The van der Waals surface area contributed by atoms with E-state index in [4.69, 9.17) is 0 Å². The Balaban J connectivity index is 2.30. The van der Waals surface area contributed by atoms with Gasteiger partial charge in [0, 0.05) is 6.42 Å². The van der Waals surface area contributed by atoms with Crippen LogP contribution in [-0.4, -0.2) is 11.6 Å². The zero-order chi connectivity index (χ0) is 21.6. The lowest BCUT2D eigenvalue weighted by Crippen LogP contribution is -2.28. The summed E-state index contributed by atoms with van der Waals surface area (Å²) < 4.78 is 0. The molecule has 0 spiro atoms. The third kappa shape index (κ3) is 5.02. The molecule has 0 heterocycles. The van der Waals surface area contributed by atoms with E-state index < -0.39 is 6.89 Å². The second kappa shape index (κ2) is 10.1. The van der Waals surface area contributed by atoms with E-state index >= 15 is 0 Å². The maximum Gasteiger partial charge on any atom is 0.156 e. The van der Waals surface area contributed by atoms with Crippen LogP contribution in [0.15, 0.2) is 72.8 Å². The SMILES string of the molecule is CCCCCC(=O)C=P(c1ccc(C)cc1)(c1ccc(C)cc1)c1ccc(C)cc1. The van der Waals surface area contributed by atoms with Gasteiger partial charge in [-0.1, -0.05) is 109 Å². The van der Waals surface area contributed by atoms with Crippen LogP contribution in [0.4, 0.5) is 0 Å². The molecular formula is C28H33OP. The van der Waals surface area contributed by atoms with Crippen molar-refractivity contribution in [3.63, 3.8) is 0 Å². The maximum atomic E-state index is 13.2. The van der Waals surface area contributed by atoms with Gasteiger partial charge < -0.3 is 0 Å². The summed E-state index contributed by atoms with van der Waals surface area (Å²) in [6, 6.07) is 26.3. The summed E-state index contributed by atoms with van der Waals surface area (Å²) in [4.78, 5) is 13.2. The molecule has 0 aliphatic carbocycles. The molecule has 30 heavy (non-hydrogen) atoms. The smallest absolute Gasteiger partial charge is 0.156 e. The molecular weight excluding hydrogens is 383 g/mol. The highest BCUT2D eigenvalue weighted by molar-refractivity contribution is 7.95. The van der Waals surface area contributed by atoms with Crippen molar-refractivity contribution in [1.29, 1.82) is 0 Å². The van der Waals surface area contributed by atoms with Gasteiger partial charge in [0.15, 0.2) is 5.78 Å². The predicted molar refractivity (Wildman–Crippen MR) is 135 cm³/mol. The lowest BCUT2D eigenvalue weighted by molar-refractivity contribution is -0.112. The Hall–Kier alpha value is -2.37. The minimum absolute atomic E-state index is 0.263. The fourth-order valence-electron chi connectivity index (χ4n) is 3.84. The molecule has 0 aliphatic heterocycles. The normalized spacial score (nSPS) is 11.3. The lowest BCUT2D eigenvalue weighted by atomic mass is 10.2. The topological polar surface area (TPSA) is 17.1 Å². The number of carbonyl (C=O) groups excluding carboxylic acids is 1. The Bertz CT molecular complexity index is 908. The number of unbranched alkanes of at least 4 members (excludes halogenated alkanes) is 2. The van der Waals surface area contributed by atoms with Gasteiger partial charge >= 0.3 is 0 Å². The summed E-state index contributed by atoms with van der Waals surface area (Å²) in [7, 11) is 0. The van der Waals surface area contributed by atoms with Crippen molar-refractivity contribution in [2.75, 3.05) is 0 Å². The first kappa shape index (κ1) is 22.3. The predicted octanol–water partition coefficient (Wildman–Crippen LogP) is 5.86. The van der Waals surface area contributed by atoms with Crippen molar-refractivity contribution in [1.82, 2.24) is 0 Å². The standard InChI is InChI=1S/C28H33OP/c1-5-6-7-8-25(29)21-30(26-15-9-22(2)10-16-26,27-17-11-23(3)12-18-27)28-19-13-24(4)14-20-28/h9-21H,5-8H2,1-4H3. The summed E-state index contributed by atoms with van der Waals surface area (Å²) >= 11 is 0. The van der Waals surface area contributed by atoms with E-state index in [0.29, 0.717) is 6.42 Å². The molecule has 0 unspecified atom stereocenters. The number of aryl methyl sites for hydroxylation is 3. The molecule has 0 fully saturated rings. The van der Waals surface area contributed by atoms with Crippen LogP contribution >= 0.6 is 6.89 Å². The average Bonchev–Trinajstić information content (AvgIpc) is 2.74. The number of Topliss-reactive ketones (excluding diaryl/α,β-unsaturated/α-hetero) is 1. The first-order valence-electron chi connectivity index (χ1n) is 10.9. The van der Waals surface area contributed by atoms with E-state index in [9.17, 15) is 4.79 Å². The molecule has 0 saturated heterocycles. The van der Waals surface area contributed by atoms with E-state index in [2.05, 4.69) is 106 Å². The fourth-order valence-corrected chi connectivity index (χ4v) is 7.60. The molecule has 0 atom stereocenters. The Morgan fingerprint density at radius 2 is 1.03 bits per heavy atom. The van der Waals surface area contributed by atoms with Crippen molar-refractivity contribution in [3.05, 3.63) is 89.5 Å². The molecule has 0 N–H and O–H groups in total. The molecule has 2 heteroatoms. The minimum Gasteiger partial charge on any atom is -0.295 e. The molecule has 0 saturated carbocycles. The van der Waals surface area contributed by atoms with Crippen LogP contribution < -0.4 is 15.9 Å². The van der Waals surface area contributed by atoms with Gasteiger partial charge in [0.05, 0.1) is 0 Å². The second-order valence-electron chi connectivity index (χ2n) is 8.28. The maximum absolute atomic E-state index is 13.2. The summed E-state index contributed by atoms with van der Waals surface area (Å²) in [5.41, 5.74) is 3.71. The summed E-state index contributed by atoms with van der Waals surface area (Å²) in [5.74, 6) is 2.35. The number of benzene rings is 3. The first-order valence-corrected chi connectivity index (χ1v) is 12.8. The quantitative estimate of drug-likeness (QED) is 0.332. The Labute approximate surface area is 182 Å². The summed E-state index contributed by atoms with van der Waals surface area (Å²) in [6.07, 6.45) is 3.81. The zero-order valence-electron chi connectivity index (χ0n) is 18.7. The van der Waals surface area contributed by atoms with Gasteiger partial charge in [-0.05, 0) is 55.8 Å². The number of rotatable bonds is 8. The Morgan fingerprint density at radius 1 is 0.667 bits per heavy atom. The molecule has 1 nitrogen and oxygen atoms in total. The minimum atomic E-state index is -2.19. The highest BCUT2D eigenvalue weighted by Crippen LogP contribution is 2.44. The molecule has 3 aromatic rings. The molecule has 156 valence electrons. The van der Waals surface area contributed by atoms with Gasteiger partial charge in [0.1, 0.15) is 0 Å². The van der Waals surface area contributed by atoms with E-state index in [-0.39, 0.29) is 5.78 Å². The van der Waals surface area contributed by atoms with Crippen LogP contribution in [0.1, 0.15) is 49.3 Å².